The predicted molar refractivity (Wildman–Crippen MR) is 50.8 cm³/mol. The van der Waals surface area contributed by atoms with Crippen LogP contribution in [0.4, 0.5) is 0 Å². The van der Waals surface area contributed by atoms with Crippen molar-refractivity contribution in [1.82, 2.24) is 5.32 Å². The molecular weight excluding hydrogens is 196 g/mol. The molecule has 78 valence electrons. The van der Waals surface area contributed by atoms with Crippen LogP contribution < -0.4 is 11.1 Å². The number of rotatable bonds is 5. The summed E-state index contributed by atoms with van der Waals surface area (Å²) in [5, 5.41) is 10.8. The van der Waals surface area contributed by atoms with Crippen LogP contribution in [0.25, 0.3) is 0 Å². The van der Waals surface area contributed by atoms with E-state index in [-0.39, 0.29) is 24.7 Å². The zero-order valence-electron chi connectivity index (χ0n) is 7.45. The highest BCUT2D eigenvalue weighted by molar-refractivity contribution is 5.85. The van der Waals surface area contributed by atoms with Gasteiger partial charge < -0.3 is 16.2 Å². The van der Waals surface area contributed by atoms with Gasteiger partial charge in [-0.25, -0.2) is 0 Å². The number of carbonyl (C=O) groups is 2. The fourth-order valence-electron chi connectivity index (χ4n) is 0.612. The van der Waals surface area contributed by atoms with Gasteiger partial charge in [-0.2, -0.15) is 0 Å². The van der Waals surface area contributed by atoms with Gasteiger partial charge in [0.25, 0.3) is 0 Å². The lowest BCUT2D eigenvalue weighted by molar-refractivity contribution is -0.137. The van der Waals surface area contributed by atoms with Crippen LogP contribution in [-0.2, 0) is 9.59 Å². The Balaban J connectivity index is 0. The molecule has 1 unspecified atom stereocenters. The molecule has 0 bridgehead atoms. The molecule has 0 saturated carbocycles. The number of halogens is 1. The first-order valence-electron chi connectivity index (χ1n) is 3.79. The largest absolute Gasteiger partial charge is 0.481 e. The van der Waals surface area contributed by atoms with Gasteiger partial charge in [-0.1, -0.05) is 0 Å². The Labute approximate surface area is 83.1 Å². The van der Waals surface area contributed by atoms with E-state index in [1.54, 1.807) is 6.92 Å². The maximum Gasteiger partial charge on any atom is 0.303 e. The smallest absolute Gasteiger partial charge is 0.303 e. The van der Waals surface area contributed by atoms with Crippen molar-refractivity contribution in [2.45, 2.75) is 25.8 Å². The summed E-state index contributed by atoms with van der Waals surface area (Å²) in [6, 6.07) is -0.533. The number of nitrogens with one attached hydrogen (secondary N) is 1. The zero-order chi connectivity index (χ0) is 9.56. The molecule has 0 aromatic carbocycles. The van der Waals surface area contributed by atoms with E-state index in [0.29, 0.717) is 13.0 Å². The van der Waals surface area contributed by atoms with Crippen LogP contribution in [-0.4, -0.2) is 29.6 Å². The molecule has 0 aliphatic rings. The first kappa shape index (κ1) is 14.7. The molecule has 0 rings (SSSR count). The van der Waals surface area contributed by atoms with Gasteiger partial charge >= 0.3 is 5.97 Å². The SMILES string of the molecule is CC(N)C(=O)NCCCC(=O)O.Cl. The van der Waals surface area contributed by atoms with Gasteiger partial charge in [0.15, 0.2) is 0 Å². The Hall–Kier alpha value is -0.810. The quantitative estimate of drug-likeness (QED) is 0.545. The summed E-state index contributed by atoms with van der Waals surface area (Å²) in [5.74, 6) is -1.11. The Kier molecular flexibility index (Phi) is 8.84. The number of hydrogen-bond acceptors (Lipinski definition) is 3. The van der Waals surface area contributed by atoms with Crippen molar-refractivity contribution >= 4 is 24.3 Å². The molecule has 6 heteroatoms. The number of carboxylic acid groups (broad SMARTS) is 1. The zero-order valence-corrected chi connectivity index (χ0v) is 8.26. The van der Waals surface area contributed by atoms with E-state index in [9.17, 15) is 9.59 Å². The average molecular weight is 211 g/mol. The number of carbonyl (C=O) groups excluding carboxylic acids is 1. The topological polar surface area (TPSA) is 92.4 Å². The fraction of sp³-hybridized carbons (Fsp3) is 0.714. The average Bonchev–Trinajstić information content (AvgIpc) is 1.97. The van der Waals surface area contributed by atoms with E-state index in [2.05, 4.69) is 5.32 Å². The molecule has 5 nitrogen and oxygen atoms in total. The molecule has 0 radical (unpaired) electrons. The van der Waals surface area contributed by atoms with E-state index < -0.39 is 12.0 Å². The van der Waals surface area contributed by atoms with Crippen molar-refractivity contribution in [3.8, 4) is 0 Å². The van der Waals surface area contributed by atoms with Gasteiger partial charge in [0, 0.05) is 13.0 Å². The fourth-order valence-corrected chi connectivity index (χ4v) is 0.612. The number of aliphatic carboxylic acids is 1. The minimum atomic E-state index is -0.856. The summed E-state index contributed by atoms with van der Waals surface area (Å²) in [7, 11) is 0. The highest BCUT2D eigenvalue weighted by Gasteiger charge is 2.05. The van der Waals surface area contributed by atoms with Crippen LogP contribution in [0.5, 0.6) is 0 Å². The lowest BCUT2D eigenvalue weighted by Gasteiger charge is -2.05. The van der Waals surface area contributed by atoms with Crippen LogP contribution in [0.3, 0.4) is 0 Å². The van der Waals surface area contributed by atoms with E-state index in [1.807, 2.05) is 0 Å². The summed E-state index contributed by atoms with van der Waals surface area (Å²) in [6.07, 6.45) is 0.507. The molecule has 0 aromatic rings. The van der Waals surface area contributed by atoms with Gasteiger partial charge in [-0.3, -0.25) is 9.59 Å². The summed E-state index contributed by atoms with van der Waals surface area (Å²) in [4.78, 5) is 20.8. The maximum absolute atomic E-state index is 10.8. The normalized spacial score (nSPS) is 11.2. The van der Waals surface area contributed by atoms with Crippen LogP contribution >= 0.6 is 12.4 Å². The number of nitrogens with two attached hydrogens (primary N) is 1. The van der Waals surface area contributed by atoms with Gasteiger partial charge in [0.1, 0.15) is 0 Å². The van der Waals surface area contributed by atoms with Crippen LogP contribution in [0, 0.1) is 0 Å². The van der Waals surface area contributed by atoms with Crippen molar-refractivity contribution in [1.29, 1.82) is 0 Å². The van der Waals surface area contributed by atoms with Crippen molar-refractivity contribution in [3.63, 3.8) is 0 Å². The Morgan fingerprint density at radius 2 is 2.08 bits per heavy atom. The maximum atomic E-state index is 10.8. The molecule has 0 aliphatic carbocycles. The van der Waals surface area contributed by atoms with E-state index >= 15 is 0 Å². The molecular formula is C7H15ClN2O3. The van der Waals surface area contributed by atoms with Crippen LogP contribution in [0.2, 0.25) is 0 Å². The minimum Gasteiger partial charge on any atom is -0.481 e. The second-order valence-electron chi connectivity index (χ2n) is 2.58. The third-order valence-electron chi connectivity index (χ3n) is 1.28. The second kappa shape index (κ2) is 7.82. The molecule has 13 heavy (non-hydrogen) atoms. The summed E-state index contributed by atoms with van der Waals surface area (Å²) in [5.41, 5.74) is 5.25. The highest BCUT2D eigenvalue weighted by atomic mass is 35.5. The molecule has 0 fully saturated rings. The number of amides is 1. The van der Waals surface area contributed by atoms with Crippen molar-refractivity contribution in [2.75, 3.05) is 6.54 Å². The monoisotopic (exact) mass is 210 g/mol. The lowest BCUT2D eigenvalue weighted by atomic mass is 10.3. The summed E-state index contributed by atoms with van der Waals surface area (Å²) in [6.45, 7) is 1.94. The summed E-state index contributed by atoms with van der Waals surface area (Å²) < 4.78 is 0. The molecule has 0 aromatic heterocycles. The first-order valence-corrected chi connectivity index (χ1v) is 3.79. The first-order chi connectivity index (χ1) is 5.54. The van der Waals surface area contributed by atoms with Gasteiger partial charge in [0.2, 0.25) is 5.91 Å². The second-order valence-corrected chi connectivity index (χ2v) is 2.58. The van der Waals surface area contributed by atoms with Gasteiger partial charge in [-0.05, 0) is 13.3 Å². The van der Waals surface area contributed by atoms with Crippen LogP contribution in [0.15, 0.2) is 0 Å². The van der Waals surface area contributed by atoms with Gasteiger partial charge in [-0.15, -0.1) is 12.4 Å². The van der Waals surface area contributed by atoms with Crippen molar-refractivity contribution in [3.05, 3.63) is 0 Å². The number of hydrogen-bond donors (Lipinski definition) is 3. The standard InChI is InChI=1S/C7H14N2O3.ClH/c1-5(8)7(12)9-4-2-3-6(10)11;/h5H,2-4,8H2,1H3,(H,9,12)(H,10,11);1H. The van der Waals surface area contributed by atoms with Gasteiger partial charge in [0.05, 0.1) is 6.04 Å². The van der Waals surface area contributed by atoms with E-state index in [1.165, 1.54) is 0 Å². The molecule has 0 saturated heterocycles. The molecule has 1 amide bonds. The molecule has 0 spiro atoms. The Morgan fingerprint density at radius 3 is 2.46 bits per heavy atom. The lowest BCUT2D eigenvalue weighted by Crippen LogP contribution is -2.38. The van der Waals surface area contributed by atoms with Crippen LogP contribution in [0.1, 0.15) is 19.8 Å². The van der Waals surface area contributed by atoms with Crippen molar-refractivity contribution in [2.24, 2.45) is 5.73 Å². The summed E-state index contributed by atoms with van der Waals surface area (Å²) >= 11 is 0. The minimum absolute atomic E-state index is 0. The highest BCUT2D eigenvalue weighted by Crippen LogP contribution is 1.86. The van der Waals surface area contributed by atoms with E-state index in [0.717, 1.165) is 0 Å². The third kappa shape index (κ3) is 9.10. The molecule has 1 atom stereocenters. The molecule has 0 aliphatic heterocycles. The molecule has 0 heterocycles. The van der Waals surface area contributed by atoms with E-state index in [4.69, 9.17) is 10.8 Å². The molecule has 4 N–H and O–H groups in total. The predicted octanol–water partition coefficient (Wildman–Crippen LogP) is -0.264. The number of carboxylic acids is 1. The Bertz CT molecular complexity index is 173. The Morgan fingerprint density at radius 1 is 1.54 bits per heavy atom. The third-order valence-corrected chi connectivity index (χ3v) is 1.28. The van der Waals surface area contributed by atoms with Crippen molar-refractivity contribution < 1.29 is 14.7 Å².